The zero-order chi connectivity index (χ0) is 22.4. The van der Waals surface area contributed by atoms with Gasteiger partial charge in [0.2, 0.25) is 0 Å². The van der Waals surface area contributed by atoms with Crippen LogP contribution in [0.3, 0.4) is 0 Å². The summed E-state index contributed by atoms with van der Waals surface area (Å²) in [6.45, 7) is 10.2. The summed E-state index contributed by atoms with van der Waals surface area (Å²) in [5.74, 6) is 2.44. The van der Waals surface area contributed by atoms with Crippen molar-refractivity contribution in [3.05, 3.63) is 29.8 Å². The van der Waals surface area contributed by atoms with Gasteiger partial charge in [-0.2, -0.15) is 0 Å². The third-order valence-electron chi connectivity index (χ3n) is 6.30. The summed E-state index contributed by atoms with van der Waals surface area (Å²) >= 11 is 0. The molecule has 1 unspecified atom stereocenters. The predicted molar refractivity (Wildman–Crippen MR) is 130 cm³/mol. The quantitative estimate of drug-likeness (QED) is 0.292. The summed E-state index contributed by atoms with van der Waals surface area (Å²) in [5.41, 5.74) is 1.30. The maximum Gasteiger partial charge on any atom is 0.191 e. The molecule has 7 heteroatoms. The van der Waals surface area contributed by atoms with Gasteiger partial charge < -0.3 is 24.8 Å². The van der Waals surface area contributed by atoms with Crippen molar-refractivity contribution in [3.63, 3.8) is 0 Å². The first-order valence-electron chi connectivity index (χ1n) is 12.4. The van der Waals surface area contributed by atoms with E-state index in [1.165, 1.54) is 18.4 Å². The maximum atomic E-state index is 5.88. The van der Waals surface area contributed by atoms with Gasteiger partial charge in [0.25, 0.3) is 0 Å². The molecule has 0 spiro atoms. The van der Waals surface area contributed by atoms with Crippen LogP contribution in [0.4, 0.5) is 0 Å². The first kappa shape index (κ1) is 24.8. The fourth-order valence-electron chi connectivity index (χ4n) is 4.37. The molecule has 0 aromatic heterocycles. The Morgan fingerprint density at radius 2 is 1.91 bits per heavy atom. The minimum Gasteiger partial charge on any atom is -0.497 e. The van der Waals surface area contributed by atoms with Crippen LogP contribution in [0.2, 0.25) is 0 Å². The first-order valence-corrected chi connectivity index (χ1v) is 12.4. The number of nitrogens with zero attached hydrogens (tertiary/aromatic N) is 2. The maximum absolute atomic E-state index is 5.88. The van der Waals surface area contributed by atoms with Crippen LogP contribution in [0.15, 0.2) is 29.3 Å². The third kappa shape index (κ3) is 8.26. The molecule has 1 aromatic carbocycles. The Bertz CT molecular complexity index is 656. The molecular formula is C25H42N4O3. The Morgan fingerprint density at radius 1 is 1.16 bits per heavy atom. The molecule has 1 atom stereocenters. The van der Waals surface area contributed by atoms with E-state index in [0.717, 1.165) is 90.1 Å². The molecule has 2 heterocycles. The highest BCUT2D eigenvalue weighted by molar-refractivity contribution is 5.79. The van der Waals surface area contributed by atoms with Gasteiger partial charge in [0, 0.05) is 39.5 Å². The molecule has 7 nitrogen and oxygen atoms in total. The van der Waals surface area contributed by atoms with E-state index in [9.17, 15) is 0 Å². The molecule has 0 amide bonds. The molecule has 2 aliphatic rings. The van der Waals surface area contributed by atoms with Gasteiger partial charge in [0.15, 0.2) is 5.96 Å². The highest BCUT2D eigenvalue weighted by Crippen LogP contribution is 2.27. The number of hydrogen-bond donors (Lipinski definition) is 2. The van der Waals surface area contributed by atoms with Crippen molar-refractivity contribution >= 4 is 5.96 Å². The van der Waals surface area contributed by atoms with E-state index in [1.54, 1.807) is 7.11 Å². The van der Waals surface area contributed by atoms with Crippen molar-refractivity contribution in [2.24, 2.45) is 10.9 Å². The second kappa shape index (κ2) is 14.3. The largest absolute Gasteiger partial charge is 0.497 e. The summed E-state index contributed by atoms with van der Waals surface area (Å²) < 4.78 is 16.6. The van der Waals surface area contributed by atoms with Gasteiger partial charge in [-0.05, 0) is 75.7 Å². The first-order chi connectivity index (χ1) is 15.8. The van der Waals surface area contributed by atoms with Crippen LogP contribution in [0.1, 0.15) is 50.6 Å². The molecule has 0 radical (unpaired) electrons. The average Bonchev–Trinajstić information content (AvgIpc) is 3.37. The molecule has 2 fully saturated rings. The van der Waals surface area contributed by atoms with Crippen molar-refractivity contribution in [1.82, 2.24) is 15.5 Å². The Balaban J connectivity index is 1.46. The second-order valence-electron chi connectivity index (χ2n) is 8.66. The lowest BCUT2D eigenvalue weighted by atomic mass is 10.0. The molecule has 180 valence electrons. The summed E-state index contributed by atoms with van der Waals surface area (Å²) in [5, 5.41) is 6.86. The van der Waals surface area contributed by atoms with Crippen molar-refractivity contribution < 1.29 is 14.2 Å². The number of ether oxygens (including phenoxy) is 3. The molecule has 2 N–H and O–H groups in total. The number of rotatable bonds is 12. The van der Waals surface area contributed by atoms with E-state index in [0.29, 0.717) is 12.0 Å². The van der Waals surface area contributed by atoms with Crippen molar-refractivity contribution in [3.8, 4) is 5.75 Å². The van der Waals surface area contributed by atoms with Crippen LogP contribution in [-0.4, -0.2) is 77.1 Å². The number of aliphatic imine (C=N–C) groups is 1. The fraction of sp³-hybridized carbons (Fsp3) is 0.720. The molecule has 0 aliphatic carbocycles. The second-order valence-corrected chi connectivity index (χ2v) is 8.66. The SMILES string of the molecule is CCNC(=NCC(c1ccc(OC)cc1)N1CCCC1)NCCCOCC1CCOCC1. The van der Waals surface area contributed by atoms with E-state index in [2.05, 4.69) is 34.6 Å². The average molecular weight is 447 g/mol. The molecule has 2 aliphatic heterocycles. The lowest BCUT2D eigenvalue weighted by molar-refractivity contribution is 0.0203. The van der Waals surface area contributed by atoms with E-state index in [1.807, 2.05) is 12.1 Å². The molecule has 0 bridgehead atoms. The Hall–Kier alpha value is -1.83. The Kier molecular flexibility index (Phi) is 11.1. The number of nitrogens with one attached hydrogen (secondary N) is 2. The molecule has 2 saturated heterocycles. The van der Waals surface area contributed by atoms with Crippen LogP contribution in [0.5, 0.6) is 5.75 Å². The smallest absolute Gasteiger partial charge is 0.191 e. The lowest BCUT2D eigenvalue weighted by Crippen LogP contribution is -2.39. The van der Waals surface area contributed by atoms with Gasteiger partial charge in [-0.3, -0.25) is 9.89 Å². The minimum atomic E-state index is 0.293. The van der Waals surface area contributed by atoms with Gasteiger partial charge in [0.1, 0.15) is 5.75 Å². The topological polar surface area (TPSA) is 67.4 Å². The van der Waals surface area contributed by atoms with E-state index in [4.69, 9.17) is 19.2 Å². The number of likely N-dealkylation sites (tertiary alicyclic amines) is 1. The van der Waals surface area contributed by atoms with Crippen LogP contribution in [0, 0.1) is 5.92 Å². The third-order valence-corrected chi connectivity index (χ3v) is 6.30. The van der Waals surface area contributed by atoms with Gasteiger partial charge in [-0.15, -0.1) is 0 Å². The predicted octanol–water partition coefficient (Wildman–Crippen LogP) is 3.22. The Morgan fingerprint density at radius 3 is 2.59 bits per heavy atom. The molecule has 32 heavy (non-hydrogen) atoms. The highest BCUT2D eigenvalue weighted by atomic mass is 16.5. The number of benzene rings is 1. The van der Waals surface area contributed by atoms with E-state index >= 15 is 0 Å². The van der Waals surface area contributed by atoms with E-state index < -0.39 is 0 Å². The molecule has 1 aromatic rings. The Labute approximate surface area is 193 Å². The number of hydrogen-bond acceptors (Lipinski definition) is 5. The number of guanidine groups is 1. The molecule has 0 saturated carbocycles. The summed E-state index contributed by atoms with van der Waals surface area (Å²) in [6, 6.07) is 8.74. The van der Waals surface area contributed by atoms with Crippen molar-refractivity contribution in [2.75, 3.05) is 66.3 Å². The van der Waals surface area contributed by atoms with Gasteiger partial charge in [0.05, 0.1) is 19.7 Å². The van der Waals surface area contributed by atoms with Crippen LogP contribution in [-0.2, 0) is 9.47 Å². The molecular weight excluding hydrogens is 404 g/mol. The standard InChI is InChI=1S/C25H42N4O3/c1-3-26-25(27-13-6-16-32-20-21-11-17-31-18-12-21)28-19-24(29-14-4-5-15-29)22-7-9-23(30-2)10-8-22/h7-10,21,24H,3-6,11-20H2,1-2H3,(H2,26,27,28). The highest BCUT2D eigenvalue weighted by Gasteiger charge is 2.23. The number of methoxy groups -OCH3 is 1. The zero-order valence-electron chi connectivity index (χ0n) is 20.0. The van der Waals surface area contributed by atoms with Gasteiger partial charge >= 0.3 is 0 Å². The normalized spacial score (nSPS) is 19.1. The van der Waals surface area contributed by atoms with E-state index in [-0.39, 0.29) is 0 Å². The van der Waals surface area contributed by atoms with Crippen LogP contribution in [0.25, 0.3) is 0 Å². The lowest BCUT2D eigenvalue weighted by Gasteiger charge is -2.27. The van der Waals surface area contributed by atoms with Crippen molar-refractivity contribution in [2.45, 2.75) is 45.1 Å². The fourth-order valence-corrected chi connectivity index (χ4v) is 4.37. The summed E-state index contributed by atoms with van der Waals surface area (Å²) in [4.78, 5) is 7.49. The van der Waals surface area contributed by atoms with Gasteiger partial charge in [-0.25, -0.2) is 0 Å². The van der Waals surface area contributed by atoms with Gasteiger partial charge in [-0.1, -0.05) is 12.1 Å². The monoisotopic (exact) mass is 446 g/mol. The van der Waals surface area contributed by atoms with Crippen molar-refractivity contribution in [1.29, 1.82) is 0 Å². The molecule has 3 rings (SSSR count). The van der Waals surface area contributed by atoms with Crippen LogP contribution < -0.4 is 15.4 Å². The minimum absolute atomic E-state index is 0.293. The zero-order valence-corrected chi connectivity index (χ0v) is 20.0. The summed E-state index contributed by atoms with van der Waals surface area (Å²) in [7, 11) is 1.71. The summed E-state index contributed by atoms with van der Waals surface area (Å²) in [6.07, 6.45) is 5.76. The van der Waals surface area contributed by atoms with Crippen LogP contribution >= 0.6 is 0 Å².